The van der Waals surface area contributed by atoms with Gasteiger partial charge in [-0.15, -0.1) is 8.78 Å². The van der Waals surface area contributed by atoms with Crippen molar-refractivity contribution >= 4 is 13.1 Å². The Morgan fingerprint density at radius 3 is 1.12 bits per heavy atom. The molecule has 19 heteroatoms. The van der Waals surface area contributed by atoms with Gasteiger partial charge in [0.25, 0.3) is 0 Å². The first kappa shape index (κ1) is 64.7. The summed E-state index contributed by atoms with van der Waals surface area (Å²) in [5.74, 6) is -31.3. The highest BCUT2D eigenvalue weighted by Gasteiger charge is 2.74. The van der Waals surface area contributed by atoms with Gasteiger partial charge in [-0.25, -0.2) is 35.1 Å². The van der Waals surface area contributed by atoms with Crippen LogP contribution in [0.2, 0.25) is 21.1 Å². The quantitative estimate of drug-likeness (QED) is 0.0209. The average Bonchev–Trinajstić information content (AvgIpc) is 3.27. The zero-order chi connectivity index (χ0) is 51.8. The van der Waals surface area contributed by atoms with Crippen LogP contribution in [0.4, 0.5) is 74.6 Å². The fourth-order valence-electron chi connectivity index (χ4n) is 8.28. The minimum Gasteiger partial charge on any atom is -0.280 e. The van der Waals surface area contributed by atoms with Crippen molar-refractivity contribution in [3.63, 3.8) is 0 Å². The Morgan fingerprint density at radius 1 is 0.388 bits per heavy atom. The van der Waals surface area contributed by atoms with Crippen molar-refractivity contribution in [3.05, 3.63) is 57.7 Å². The number of halogens is 17. The minimum atomic E-state index is -5.83. The van der Waals surface area contributed by atoms with E-state index in [1.165, 1.54) is 51.4 Å². The van der Waals surface area contributed by atoms with Crippen LogP contribution in [0.5, 0.6) is 0 Å². The van der Waals surface area contributed by atoms with Crippen LogP contribution in [0.3, 0.4) is 0 Å². The van der Waals surface area contributed by atoms with Crippen molar-refractivity contribution < 1.29 is 80.0 Å². The van der Waals surface area contributed by atoms with Crippen molar-refractivity contribution in [3.8, 4) is 11.1 Å². The van der Waals surface area contributed by atoms with Gasteiger partial charge in [0.1, 0.15) is 18.6 Å². The van der Waals surface area contributed by atoms with E-state index in [9.17, 15) is 74.6 Å². The normalized spacial score (nSPS) is 12.5. The predicted molar refractivity (Wildman–Crippen MR) is 234 cm³/mol. The van der Waals surface area contributed by atoms with Gasteiger partial charge in [0, 0.05) is 12.0 Å². The van der Waals surface area contributed by atoms with E-state index in [2.05, 4.69) is 34.6 Å². The van der Waals surface area contributed by atoms with Crippen molar-refractivity contribution in [1.82, 2.24) is 0 Å². The Bertz CT molecular complexity index is 1650. The van der Waals surface area contributed by atoms with Crippen LogP contribution in [-0.4, -0.2) is 37.5 Å². The summed E-state index contributed by atoms with van der Waals surface area (Å²) in [6.07, 6.45) is 12.3. The lowest BCUT2D eigenvalue weighted by Gasteiger charge is -2.36. The molecule has 0 aliphatic carbocycles. The molecule has 0 bridgehead atoms. The fraction of sp³-hybridized carbons (Fsp3) is 0.750. The van der Waals surface area contributed by atoms with Crippen LogP contribution in [0.15, 0.2) is 0 Å². The zero-order valence-electron chi connectivity index (χ0n) is 40.3. The maximum atomic E-state index is 13.8. The average molecular weight is 1010 g/mol. The van der Waals surface area contributed by atoms with Gasteiger partial charge < -0.3 is 0 Å². The maximum Gasteiger partial charge on any atom is 0.458 e. The van der Waals surface area contributed by atoms with E-state index >= 15 is 0 Å². The number of alkyl halides is 9. The van der Waals surface area contributed by atoms with Gasteiger partial charge in [-0.05, 0) is 31.7 Å². The van der Waals surface area contributed by atoms with Crippen LogP contribution in [0.1, 0.15) is 181 Å². The molecule has 0 heterocycles. The minimum absolute atomic E-state index is 0.0823. The highest BCUT2D eigenvalue weighted by atomic mass is 27.2. The standard InChI is InChI=1S/C18H33F6N.C14H3F11.4C4H9.Al/c1-3-5-7-9-10-11-13-15-25-18(23,24)17(21,22)16(19,20)14-12-8-6-4-2;1-2-3(4-7(16)11(20)13(22)12(21)8(4)17)5(14(23,24)25)9(18)10(19)6(2)15;4*1-3-4-2;/h25H,3-15H2,1-2H3;1H3;4*1,3-4H2,2H3;/q;;;;;;-1/p+1. The van der Waals surface area contributed by atoms with E-state index < -0.39 is 112 Å². The Labute approximate surface area is 389 Å². The largest absolute Gasteiger partial charge is 0.458 e. The van der Waals surface area contributed by atoms with Gasteiger partial charge in [0.15, 0.2) is 40.7 Å². The molecule has 0 saturated heterocycles. The number of hydrogen-bond acceptors (Lipinski definition) is 0. The molecule has 0 aliphatic heterocycles. The van der Waals surface area contributed by atoms with E-state index in [4.69, 9.17) is 0 Å². The van der Waals surface area contributed by atoms with E-state index in [0.29, 0.717) is 32.6 Å². The number of nitrogens with two attached hydrogens (primary N) is 1. The van der Waals surface area contributed by atoms with Crippen LogP contribution in [0.25, 0.3) is 11.1 Å². The SMILES string of the molecule is CCCCCCCCC[NH2+]C(F)(F)C(F)(F)C(F)(F)CCCCCC.CCC[CH2][Al-]([CH2]CCC)([CH2]CCC)[CH2]CCC.Cc1c(F)c(F)c(F)c(C(F)(F)F)c1-c1c(F)c(F)c(F)c(F)c1F. The molecule has 0 unspecified atom stereocenters. The molecular formula is C48H73AlF17N. The van der Waals surface area contributed by atoms with Crippen molar-refractivity contribution in [2.45, 2.75) is 222 Å². The molecule has 0 radical (unpaired) electrons. The van der Waals surface area contributed by atoms with E-state index in [-0.39, 0.29) is 18.3 Å². The number of quaternary nitrogens is 1. The Balaban J connectivity index is 0.000000997. The summed E-state index contributed by atoms with van der Waals surface area (Å²) in [6.45, 7) is 13.5. The summed E-state index contributed by atoms with van der Waals surface area (Å²) in [5, 5.41) is 6.71. The molecule has 0 spiro atoms. The smallest absolute Gasteiger partial charge is 0.280 e. The molecule has 67 heavy (non-hydrogen) atoms. The molecule has 0 atom stereocenters. The van der Waals surface area contributed by atoms with Gasteiger partial charge in [0.2, 0.25) is 5.82 Å². The highest BCUT2D eigenvalue weighted by Crippen LogP contribution is 2.47. The topological polar surface area (TPSA) is 16.6 Å². The Morgan fingerprint density at radius 2 is 0.731 bits per heavy atom. The van der Waals surface area contributed by atoms with E-state index in [1.54, 1.807) is 21.1 Å². The van der Waals surface area contributed by atoms with Crippen LogP contribution in [-0.2, 0) is 6.18 Å². The number of hydrogen-bond donors (Lipinski definition) is 1. The number of rotatable bonds is 29. The van der Waals surface area contributed by atoms with E-state index in [1.807, 2.05) is 6.92 Å². The summed E-state index contributed by atoms with van der Waals surface area (Å²) in [5.41, 5.74) is -8.45. The van der Waals surface area contributed by atoms with Gasteiger partial charge in [0.05, 0.1) is 12.1 Å². The summed E-state index contributed by atoms with van der Waals surface area (Å²) < 4.78 is 228. The second-order valence-electron chi connectivity index (χ2n) is 17.9. The first-order chi connectivity index (χ1) is 31.2. The monoisotopic (exact) mass is 1010 g/mol. The number of benzene rings is 2. The van der Waals surface area contributed by atoms with Crippen molar-refractivity contribution in [1.29, 1.82) is 0 Å². The zero-order valence-corrected chi connectivity index (χ0v) is 41.4. The van der Waals surface area contributed by atoms with Gasteiger partial charge in [-0.2, -0.15) is 51.9 Å². The Kier molecular flexibility index (Phi) is 30.1. The summed E-state index contributed by atoms with van der Waals surface area (Å²) >= 11 is -1.20. The molecule has 0 amide bonds. The highest BCUT2D eigenvalue weighted by molar-refractivity contribution is 6.79. The lowest BCUT2D eigenvalue weighted by Crippen LogP contribution is -2.99. The first-order valence-electron chi connectivity index (χ1n) is 24.1. The molecule has 0 aromatic heterocycles. The number of unbranched alkanes of at least 4 members (excludes halogenated alkanes) is 13. The molecular weight excluding hydrogens is 940 g/mol. The predicted octanol–water partition coefficient (Wildman–Crippen LogP) is 18.6. The molecule has 0 saturated carbocycles. The van der Waals surface area contributed by atoms with Crippen LogP contribution in [0, 0.1) is 53.5 Å². The lowest BCUT2D eigenvalue weighted by molar-refractivity contribution is -0.808. The van der Waals surface area contributed by atoms with Gasteiger partial charge in [-0.1, -0.05) is 144 Å². The molecule has 2 aromatic carbocycles. The second-order valence-corrected chi connectivity index (χ2v) is 23.7. The van der Waals surface area contributed by atoms with Crippen molar-refractivity contribution in [2.24, 2.45) is 0 Å². The fourth-order valence-corrected chi connectivity index (χ4v) is 15.1. The van der Waals surface area contributed by atoms with E-state index in [0.717, 1.165) is 38.5 Å². The van der Waals surface area contributed by atoms with Crippen LogP contribution < -0.4 is 5.32 Å². The first-order valence-corrected chi connectivity index (χ1v) is 27.4. The molecule has 2 N–H and O–H groups in total. The molecule has 1 nitrogen and oxygen atoms in total. The lowest BCUT2D eigenvalue weighted by atomic mass is 9.92. The van der Waals surface area contributed by atoms with Gasteiger partial charge >= 0.3 is 24.1 Å². The molecule has 0 fully saturated rings. The van der Waals surface area contributed by atoms with Crippen LogP contribution >= 0.6 is 0 Å². The third-order valence-electron chi connectivity index (χ3n) is 12.4. The molecule has 2 aromatic rings. The summed E-state index contributed by atoms with van der Waals surface area (Å²) in [4.78, 5) is 0. The third kappa shape index (κ3) is 19.5. The summed E-state index contributed by atoms with van der Waals surface area (Å²) in [6, 6.07) is -4.79. The third-order valence-corrected chi connectivity index (χ3v) is 18.9. The van der Waals surface area contributed by atoms with Gasteiger partial charge in [-0.3, -0.25) is 5.32 Å². The molecule has 0 aliphatic rings. The molecule has 392 valence electrons. The summed E-state index contributed by atoms with van der Waals surface area (Å²) in [7, 11) is 0. The molecule has 2 rings (SSSR count). The Hall–Kier alpha value is -2.26. The second kappa shape index (κ2) is 31.2. The van der Waals surface area contributed by atoms with Crippen molar-refractivity contribution in [2.75, 3.05) is 6.54 Å². The maximum absolute atomic E-state index is 13.8.